The largest absolute Gasteiger partial charge is 0.544 e. The van der Waals surface area contributed by atoms with E-state index in [1.165, 1.54) is 0 Å². The number of rotatable bonds is 8. The van der Waals surface area contributed by atoms with Crippen LogP contribution in [0.3, 0.4) is 0 Å². The molecule has 0 bridgehead atoms. The molecule has 0 saturated carbocycles. The van der Waals surface area contributed by atoms with Crippen LogP contribution in [-0.2, 0) is 22.8 Å². The maximum atomic E-state index is 13.0. The lowest BCUT2D eigenvalue weighted by Crippen LogP contribution is -2.57. The lowest BCUT2D eigenvalue weighted by molar-refractivity contribution is -0.343. The molecule has 0 fully saturated rings. The summed E-state index contributed by atoms with van der Waals surface area (Å²) in [7, 11) is -10.6. The van der Waals surface area contributed by atoms with Gasteiger partial charge < -0.3 is 29.7 Å². The summed E-state index contributed by atoms with van der Waals surface area (Å²) in [5.41, 5.74) is -3.19. The number of carbonyl (C=O) groups excluding carboxylic acids is 1. The van der Waals surface area contributed by atoms with Crippen molar-refractivity contribution in [3.05, 3.63) is 0 Å². The molecule has 0 rings (SSSR count). The molecule has 0 aliphatic rings. The van der Waals surface area contributed by atoms with Crippen molar-refractivity contribution < 1.29 is 56.4 Å². The SMILES string of the molecule is CC(O)(CCOP(=O)(O)OP(=O)(O)O)C(F)(F)C(=O)[O-]. The van der Waals surface area contributed by atoms with E-state index in [2.05, 4.69) is 8.83 Å². The fourth-order valence-corrected chi connectivity index (χ4v) is 2.48. The van der Waals surface area contributed by atoms with Gasteiger partial charge in [0.2, 0.25) is 0 Å². The highest BCUT2D eigenvalue weighted by molar-refractivity contribution is 7.60. The topological polar surface area (TPSA) is 174 Å². The summed E-state index contributed by atoms with van der Waals surface area (Å²) in [4.78, 5) is 35.4. The molecule has 0 aromatic heterocycles. The van der Waals surface area contributed by atoms with Gasteiger partial charge in [0, 0.05) is 6.42 Å². The first-order chi connectivity index (χ1) is 8.61. The van der Waals surface area contributed by atoms with Gasteiger partial charge in [-0.15, -0.1) is 0 Å². The summed E-state index contributed by atoms with van der Waals surface area (Å²) in [5, 5.41) is 19.3. The second-order valence-electron chi connectivity index (χ2n) is 3.76. The van der Waals surface area contributed by atoms with Gasteiger partial charge >= 0.3 is 21.6 Å². The van der Waals surface area contributed by atoms with Crippen molar-refractivity contribution in [3.63, 3.8) is 0 Å². The number of hydrogen-bond acceptors (Lipinski definition) is 7. The summed E-state index contributed by atoms with van der Waals surface area (Å²) in [6, 6.07) is 0. The van der Waals surface area contributed by atoms with Gasteiger partial charge in [-0.2, -0.15) is 13.1 Å². The number of alkyl halides is 2. The van der Waals surface area contributed by atoms with Gasteiger partial charge in [-0.05, 0) is 6.92 Å². The van der Waals surface area contributed by atoms with Crippen LogP contribution in [0.4, 0.5) is 8.78 Å². The minimum absolute atomic E-state index is 0.401. The Kier molecular flexibility index (Phi) is 5.98. The fraction of sp³-hybridized carbons (Fsp3) is 0.833. The zero-order valence-electron chi connectivity index (χ0n) is 9.80. The Labute approximate surface area is 110 Å². The van der Waals surface area contributed by atoms with Crippen molar-refractivity contribution >= 4 is 21.6 Å². The summed E-state index contributed by atoms with van der Waals surface area (Å²) < 4.78 is 54.3. The molecule has 14 heteroatoms. The number of carboxylic acids is 1. The minimum atomic E-state index is -5.37. The van der Waals surface area contributed by atoms with Crippen molar-refractivity contribution in [1.82, 2.24) is 0 Å². The number of halogens is 2. The molecular weight excluding hydrogens is 332 g/mol. The Hall–Kier alpha value is -0.450. The van der Waals surface area contributed by atoms with Crippen molar-refractivity contribution in [3.8, 4) is 0 Å². The molecule has 20 heavy (non-hydrogen) atoms. The minimum Gasteiger partial charge on any atom is -0.544 e. The van der Waals surface area contributed by atoms with Gasteiger partial charge in [0.1, 0.15) is 11.6 Å². The lowest BCUT2D eigenvalue weighted by atomic mass is 9.94. The van der Waals surface area contributed by atoms with Crippen molar-refractivity contribution in [1.29, 1.82) is 0 Å². The third-order valence-corrected chi connectivity index (χ3v) is 4.17. The zero-order chi connectivity index (χ0) is 16.4. The van der Waals surface area contributed by atoms with E-state index in [-0.39, 0.29) is 0 Å². The molecule has 0 aliphatic heterocycles. The van der Waals surface area contributed by atoms with Crippen LogP contribution in [-0.4, -0.2) is 43.9 Å². The van der Waals surface area contributed by atoms with E-state index in [0.29, 0.717) is 6.92 Å². The summed E-state index contributed by atoms with van der Waals surface area (Å²) in [5.74, 6) is -7.55. The van der Waals surface area contributed by atoms with Gasteiger partial charge in [0.05, 0.1) is 6.61 Å². The standard InChI is InChI=1S/C6H12F2O10P2/c1-5(11,6(7,8)4(9)10)2-3-17-20(15,16)18-19(12,13)14/h11H,2-3H2,1H3,(H,9,10)(H,15,16)(H2,12,13,14)/p-1. The Morgan fingerprint density at radius 2 is 1.75 bits per heavy atom. The molecule has 0 heterocycles. The van der Waals surface area contributed by atoms with Gasteiger partial charge in [0.25, 0.3) is 0 Å². The number of phosphoric acid groups is 2. The predicted molar refractivity (Wildman–Crippen MR) is 54.1 cm³/mol. The molecule has 0 aromatic rings. The highest BCUT2D eigenvalue weighted by atomic mass is 31.3. The van der Waals surface area contributed by atoms with Crippen LogP contribution in [0.15, 0.2) is 0 Å². The zero-order valence-corrected chi connectivity index (χ0v) is 11.6. The second-order valence-corrected chi connectivity index (χ2v) is 6.59. The lowest BCUT2D eigenvalue weighted by Gasteiger charge is -2.33. The van der Waals surface area contributed by atoms with E-state index >= 15 is 0 Å². The molecule has 0 amide bonds. The fourth-order valence-electron chi connectivity index (χ4n) is 0.895. The third-order valence-electron chi connectivity index (χ3n) is 1.99. The van der Waals surface area contributed by atoms with Gasteiger partial charge in [-0.1, -0.05) is 0 Å². The molecule has 0 saturated heterocycles. The van der Waals surface area contributed by atoms with Crippen LogP contribution < -0.4 is 5.11 Å². The smallest absolute Gasteiger partial charge is 0.481 e. The number of carboxylic acid groups (broad SMARTS) is 1. The molecule has 0 radical (unpaired) electrons. The molecule has 0 aromatic carbocycles. The molecule has 0 spiro atoms. The first-order valence-electron chi connectivity index (χ1n) is 4.66. The Balaban J connectivity index is 4.62. The van der Waals surface area contributed by atoms with Crippen LogP contribution in [0.5, 0.6) is 0 Å². The van der Waals surface area contributed by atoms with E-state index in [0.717, 1.165) is 0 Å². The molecule has 120 valence electrons. The Morgan fingerprint density at radius 1 is 1.30 bits per heavy atom. The maximum absolute atomic E-state index is 13.0. The van der Waals surface area contributed by atoms with E-state index in [1.807, 2.05) is 0 Å². The molecule has 2 atom stereocenters. The van der Waals surface area contributed by atoms with Crippen molar-refractivity contribution in [2.24, 2.45) is 0 Å². The average Bonchev–Trinajstić information content (AvgIpc) is 2.11. The summed E-state index contributed by atoms with van der Waals surface area (Å²) in [6.07, 6.45) is -1.16. The van der Waals surface area contributed by atoms with Gasteiger partial charge in [0.15, 0.2) is 0 Å². The van der Waals surface area contributed by atoms with Gasteiger partial charge in [-0.3, -0.25) is 4.52 Å². The molecule has 2 unspecified atom stereocenters. The third kappa shape index (κ3) is 5.90. The first-order valence-corrected chi connectivity index (χ1v) is 7.69. The van der Waals surface area contributed by atoms with Crippen LogP contribution >= 0.6 is 15.6 Å². The number of hydrogen-bond donors (Lipinski definition) is 4. The quantitative estimate of drug-likeness (QED) is 0.389. The molecule has 10 nitrogen and oxygen atoms in total. The molecule has 0 aliphatic carbocycles. The maximum Gasteiger partial charge on any atom is 0.481 e. The van der Waals surface area contributed by atoms with Crippen LogP contribution in [0.1, 0.15) is 13.3 Å². The number of carbonyl (C=O) groups is 1. The summed E-state index contributed by atoms with van der Waals surface area (Å²) in [6.45, 7) is -0.748. The molecule has 4 N–H and O–H groups in total. The highest BCUT2D eigenvalue weighted by Crippen LogP contribution is 2.57. The summed E-state index contributed by atoms with van der Waals surface area (Å²) >= 11 is 0. The van der Waals surface area contributed by atoms with Crippen LogP contribution in [0, 0.1) is 0 Å². The van der Waals surface area contributed by atoms with E-state index < -0.39 is 46.2 Å². The normalized spacial score (nSPS) is 19.1. The molecular formula is C6H11F2O10P2-. The van der Waals surface area contributed by atoms with E-state index in [4.69, 9.17) is 14.7 Å². The van der Waals surface area contributed by atoms with Gasteiger partial charge in [-0.25, -0.2) is 9.13 Å². The van der Waals surface area contributed by atoms with Crippen molar-refractivity contribution in [2.45, 2.75) is 24.9 Å². The average molecular weight is 343 g/mol. The van der Waals surface area contributed by atoms with Crippen LogP contribution in [0.25, 0.3) is 0 Å². The highest BCUT2D eigenvalue weighted by Gasteiger charge is 2.50. The Bertz CT molecular complexity index is 457. The van der Waals surface area contributed by atoms with E-state index in [9.17, 15) is 32.9 Å². The van der Waals surface area contributed by atoms with Crippen molar-refractivity contribution in [2.75, 3.05) is 6.61 Å². The number of aliphatic hydroxyl groups is 1. The first kappa shape index (κ1) is 19.6. The predicted octanol–water partition coefficient (Wildman–Crippen LogP) is -1.26. The van der Waals surface area contributed by atoms with E-state index in [1.54, 1.807) is 0 Å². The van der Waals surface area contributed by atoms with Crippen LogP contribution in [0.2, 0.25) is 0 Å². The number of aliphatic carboxylic acids is 1. The monoisotopic (exact) mass is 343 g/mol. The number of phosphoric ester groups is 1. The second kappa shape index (κ2) is 6.12. The Morgan fingerprint density at radius 3 is 2.10 bits per heavy atom.